The van der Waals surface area contributed by atoms with Gasteiger partial charge in [0.15, 0.2) is 0 Å². The summed E-state index contributed by atoms with van der Waals surface area (Å²) >= 11 is 6.89. The Kier molecular flexibility index (Phi) is 5.04. The predicted octanol–water partition coefficient (Wildman–Crippen LogP) is 4.34. The van der Waals surface area contributed by atoms with Crippen molar-refractivity contribution in [1.82, 2.24) is 0 Å². The number of halogens is 2. The number of anilines is 1. The second-order valence-corrected chi connectivity index (χ2v) is 5.37. The van der Waals surface area contributed by atoms with Crippen molar-refractivity contribution in [2.45, 2.75) is 20.8 Å². The van der Waals surface area contributed by atoms with Crippen molar-refractivity contribution < 1.29 is 14.6 Å². The van der Waals surface area contributed by atoms with Crippen LogP contribution in [0.5, 0.6) is 5.75 Å². The van der Waals surface area contributed by atoms with Crippen molar-refractivity contribution in [3.05, 3.63) is 20.1 Å². The molecule has 0 radical (unpaired) electrons. The van der Waals surface area contributed by atoms with Gasteiger partial charge in [-0.15, -0.1) is 0 Å². The van der Waals surface area contributed by atoms with E-state index in [9.17, 15) is 9.90 Å². The van der Waals surface area contributed by atoms with Gasteiger partial charge in [0.2, 0.25) is 0 Å². The molecule has 0 aliphatic carbocycles. The van der Waals surface area contributed by atoms with Crippen LogP contribution in [0.1, 0.15) is 18.1 Å². The number of carbonyl (C=O) groups is 1. The molecule has 0 aliphatic heterocycles. The molecule has 1 rings (SSSR count). The zero-order chi connectivity index (χ0) is 14.0. The number of hydrogen-bond acceptors (Lipinski definition) is 2. The van der Waals surface area contributed by atoms with Crippen LogP contribution in [0, 0.1) is 13.8 Å². The van der Waals surface area contributed by atoms with E-state index in [1.165, 1.54) is 4.90 Å². The summed E-state index contributed by atoms with van der Waals surface area (Å²) in [6.45, 7) is 5.99. The third-order valence-electron chi connectivity index (χ3n) is 2.87. The second-order valence-electron chi connectivity index (χ2n) is 3.79. The van der Waals surface area contributed by atoms with E-state index in [1.807, 2.05) is 13.8 Å². The molecule has 0 aromatic heterocycles. The van der Waals surface area contributed by atoms with E-state index in [4.69, 9.17) is 4.74 Å². The Morgan fingerprint density at radius 2 is 1.83 bits per heavy atom. The Labute approximate surface area is 123 Å². The van der Waals surface area contributed by atoms with Gasteiger partial charge >= 0.3 is 6.09 Å². The SMILES string of the molecule is CCN(C(=O)O)c1c(C)c(C)c(Br)c(OC)c1Br. The Morgan fingerprint density at radius 1 is 1.28 bits per heavy atom. The molecule has 6 heteroatoms. The third kappa shape index (κ3) is 2.49. The van der Waals surface area contributed by atoms with Crippen molar-refractivity contribution in [1.29, 1.82) is 0 Å². The molecule has 1 amide bonds. The molecule has 0 unspecified atom stereocenters. The Balaban J connectivity index is 3.62. The van der Waals surface area contributed by atoms with Crippen LogP contribution < -0.4 is 9.64 Å². The lowest BCUT2D eigenvalue weighted by molar-refractivity contribution is 0.202. The first-order valence-electron chi connectivity index (χ1n) is 5.39. The fraction of sp³-hybridized carbons (Fsp3) is 0.417. The lowest BCUT2D eigenvalue weighted by Gasteiger charge is -2.24. The summed E-state index contributed by atoms with van der Waals surface area (Å²) < 4.78 is 6.79. The van der Waals surface area contributed by atoms with Crippen LogP contribution in [-0.4, -0.2) is 24.9 Å². The molecule has 18 heavy (non-hydrogen) atoms. The number of ether oxygens (including phenoxy) is 1. The molecule has 0 aliphatic rings. The number of methoxy groups -OCH3 is 1. The Hall–Kier alpha value is -0.750. The van der Waals surface area contributed by atoms with E-state index in [0.29, 0.717) is 22.5 Å². The molecule has 1 N–H and O–H groups in total. The highest BCUT2D eigenvalue weighted by atomic mass is 79.9. The van der Waals surface area contributed by atoms with Gasteiger partial charge in [-0.3, -0.25) is 4.90 Å². The minimum atomic E-state index is -0.981. The molecule has 0 heterocycles. The number of rotatable bonds is 3. The minimum Gasteiger partial charge on any atom is -0.494 e. The molecule has 1 aromatic rings. The van der Waals surface area contributed by atoms with Gasteiger partial charge in [-0.25, -0.2) is 4.79 Å². The molecule has 4 nitrogen and oxygen atoms in total. The van der Waals surface area contributed by atoms with E-state index in [1.54, 1.807) is 14.0 Å². The maximum Gasteiger partial charge on any atom is 0.411 e. The van der Waals surface area contributed by atoms with Crippen LogP contribution in [0.15, 0.2) is 8.95 Å². The maximum atomic E-state index is 11.3. The summed E-state index contributed by atoms with van der Waals surface area (Å²) in [6.07, 6.45) is -0.981. The molecule has 0 spiro atoms. The largest absolute Gasteiger partial charge is 0.494 e. The molecule has 0 atom stereocenters. The summed E-state index contributed by atoms with van der Waals surface area (Å²) in [5.41, 5.74) is 2.49. The molecule has 0 saturated carbocycles. The standard InChI is InChI=1S/C12H15Br2NO3/c1-5-15(12(16)17)10-7(3)6(2)8(13)11(18-4)9(10)14/h5H2,1-4H3,(H,16,17). The van der Waals surface area contributed by atoms with E-state index in [0.717, 1.165) is 15.6 Å². The van der Waals surface area contributed by atoms with Crippen molar-refractivity contribution in [2.75, 3.05) is 18.6 Å². The number of benzene rings is 1. The van der Waals surface area contributed by atoms with Crippen molar-refractivity contribution >= 4 is 43.6 Å². The van der Waals surface area contributed by atoms with Gasteiger partial charge < -0.3 is 9.84 Å². The van der Waals surface area contributed by atoms with Crippen molar-refractivity contribution in [3.63, 3.8) is 0 Å². The summed E-state index contributed by atoms with van der Waals surface area (Å²) in [7, 11) is 1.56. The smallest absolute Gasteiger partial charge is 0.411 e. The summed E-state index contributed by atoms with van der Waals surface area (Å²) in [4.78, 5) is 12.6. The zero-order valence-corrected chi connectivity index (χ0v) is 13.8. The number of carboxylic acid groups (broad SMARTS) is 1. The molecular formula is C12H15Br2NO3. The van der Waals surface area contributed by atoms with E-state index in [2.05, 4.69) is 31.9 Å². The second kappa shape index (κ2) is 5.93. The van der Waals surface area contributed by atoms with Crippen LogP contribution in [0.2, 0.25) is 0 Å². The molecule has 1 aromatic carbocycles. The molecule has 0 saturated heterocycles. The molecule has 0 fully saturated rings. The highest BCUT2D eigenvalue weighted by molar-refractivity contribution is 9.11. The van der Waals surface area contributed by atoms with Gasteiger partial charge in [0.1, 0.15) is 5.75 Å². The fourth-order valence-corrected chi connectivity index (χ4v) is 3.57. The Bertz CT molecular complexity index is 489. The number of amides is 1. The van der Waals surface area contributed by atoms with Gasteiger partial charge in [0.05, 0.1) is 21.7 Å². The van der Waals surface area contributed by atoms with E-state index < -0.39 is 6.09 Å². The summed E-state index contributed by atoms with van der Waals surface area (Å²) in [6, 6.07) is 0. The highest BCUT2D eigenvalue weighted by Crippen LogP contribution is 2.45. The molecular weight excluding hydrogens is 366 g/mol. The summed E-state index contributed by atoms with van der Waals surface area (Å²) in [5.74, 6) is 0.604. The molecule has 100 valence electrons. The number of hydrogen-bond donors (Lipinski definition) is 1. The fourth-order valence-electron chi connectivity index (χ4n) is 1.77. The lowest BCUT2D eigenvalue weighted by atomic mass is 10.1. The zero-order valence-electron chi connectivity index (χ0n) is 10.7. The lowest BCUT2D eigenvalue weighted by Crippen LogP contribution is -2.30. The van der Waals surface area contributed by atoms with Crippen LogP contribution in [-0.2, 0) is 0 Å². The summed E-state index contributed by atoms with van der Waals surface area (Å²) in [5, 5.41) is 9.25. The van der Waals surface area contributed by atoms with Crippen LogP contribution in [0.25, 0.3) is 0 Å². The first-order valence-corrected chi connectivity index (χ1v) is 6.97. The maximum absolute atomic E-state index is 11.3. The number of nitrogens with zero attached hydrogens (tertiary/aromatic N) is 1. The first-order chi connectivity index (χ1) is 8.36. The normalized spacial score (nSPS) is 10.3. The van der Waals surface area contributed by atoms with Crippen LogP contribution in [0.4, 0.5) is 10.5 Å². The predicted molar refractivity (Wildman–Crippen MR) is 78.9 cm³/mol. The van der Waals surface area contributed by atoms with Gasteiger partial charge in [-0.1, -0.05) is 0 Å². The molecule has 0 bridgehead atoms. The topological polar surface area (TPSA) is 49.8 Å². The monoisotopic (exact) mass is 379 g/mol. The Morgan fingerprint density at radius 3 is 2.22 bits per heavy atom. The van der Waals surface area contributed by atoms with Crippen molar-refractivity contribution in [3.8, 4) is 5.75 Å². The van der Waals surface area contributed by atoms with Gasteiger partial charge in [0, 0.05) is 6.54 Å². The first kappa shape index (κ1) is 15.3. The van der Waals surface area contributed by atoms with Crippen molar-refractivity contribution in [2.24, 2.45) is 0 Å². The van der Waals surface area contributed by atoms with Crippen LogP contribution in [0.3, 0.4) is 0 Å². The highest BCUT2D eigenvalue weighted by Gasteiger charge is 2.24. The van der Waals surface area contributed by atoms with Gasteiger partial charge in [-0.05, 0) is 63.8 Å². The van der Waals surface area contributed by atoms with E-state index >= 15 is 0 Å². The average Bonchev–Trinajstić information content (AvgIpc) is 2.32. The van der Waals surface area contributed by atoms with Crippen LogP contribution >= 0.6 is 31.9 Å². The van der Waals surface area contributed by atoms with Gasteiger partial charge in [0.25, 0.3) is 0 Å². The quantitative estimate of drug-likeness (QED) is 0.848. The third-order valence-corrected chi connectivity index (χ3v) is 4.57. The van der Waals surface area contributed by atoms with Gasteiger partial charge in [-0.2, -0.15) is 0 Å². The minimum absolute atomic E-state index is 0.374. The average molecular weight is 381 g/mol. The van der Waals surface area contributed by atoms with E-state index in [-0.39, 0.29) is 0 Å².